The van der Waals surface area contributed by atoms with Gasteiger partial charge in [0.05, 0.1) is 23.4 Å². The van der Waals surface area contributed by atoms with Crippen LogP contribution in [0.5, 0.6) is 0 Å². The van der Waals surface area contributed by atoms with Gasteiger partial charge in [0.2, 0.25) is 0 Å². The molecule has 1 N–H and O–H groups in total. The lowest BCUT2D eigenvalue weighted by Crippen LogP contribution is -2.37. The molecule has 4 nitrogen and oxygen atoms in total. The summed E-state index contributed by atoms with van der Waals surface area (Å²) < 4.78 is 5.61. The van der Waals surface area contributed by atoms with Crippen molar-refractivity contribution in [1.82, 2.24) is 5.32 Å². The van der Waals surface area contributed by atoms with E-state index in [4.69, 9.17) is 4.74 Å². The second-order valence-corrected chi connectivity index (χ2v) is 5.04. The van der Waals surface area contributed by atoms with Crippen molar-refractivity contribution in [3.8, 4) is 6.07 Å². The van der Waals surface area contributed by atoms with Crippen molar-refractivity contribution in [2.45, 2.75) is 32.0 Å². The van der Waals surface area contributed by atoms with E-state index in [0.717, 1.165) is 36.4 Å². The summed E-state index contributed by atoms with van der Waals surface area (Å²) in [6, 6.07) is 8.72. The quantitative estimate of drug-likeness (QED) is 0.897. The SMILES string of the molecule is CNCc1ccc(N(C)C2CCOC2C)c(C#N)c1. The topological polar surface area (TPSA) is 48.3 Å². The molecule has 1 aromatic rings. The Morgan fingerprint density at radius 1 is 1.53 bits per heavy atom. The van der Waals surface area contributed by atoms with Crippen LogP contribution in [0.1, 0.15) is 24.5 Å². The van der Waals surface area contributed by atoms with E-state index in [1.807, 2.05) is 26.2 Å². The summed E-state index contributed by atoms with van der Waals surface area (Å²) in [7, 11) is 3.95. The van der Waals surface area contributed by atoms with E-state index >= 15 is 0 Å². The van der Waals surface area contributed by atoms with Gasteiger partial charge in [-0.25, -0.2) is 0 Å². The van der Waals surface area contributed by atoms with Crippen LogP contribution in [0.4, 0.5) is 5.69 Å². The van der Waals surface area contributed by atoms with Crippen molar-refractivity contribution < 1.29 is 4.74 Å². The molecule has 2 unspecified atom stereocenters. The first-order chi connectivity index (χ1) is 9.17. The number of nitrogens with zero attached hydrogens (tertiary/aromatic N) is 2. The Morgan fingerprint density at radius 3 is 2.89 bits per heavy atom. The van der Waals surface area contributed by atoms with Gasteiger partial charge in [-0.3, -0.25) is 0 Å². The highest BCUT2D eigenvalue weighted by atomic mass is 16.5. The Kier molecular flexibility index (Phi) is 4.41. The number of likely N-dealkylation sites (N-methyl/N-ethyl adjacent to an activating group) is 1. The number of rotatable bonds is 4. The van der Waals surface area contributed by atoms with Gasteiger partial charge in [0.1, 0.15) is 6.07 Å². The van der Waals surface area contributed by atoms with E-state index in [1.54, 1.807) is 0 Å². The Bertz CT molecular complexity index is 481. The fourth-order valence-electron chi connectivity index (χ4n) is 2.70. The van der Waals surface area contributed by atoms with Crippen molar-refractivity contribution >= 4 is 5.69 Å². The first-order valence-corrected chi connectivity index (χ1v) is 6.69. The average molecular weight is 259 g/mol. The summed E-state index contributed by atoms with van der Waals surface area (Å²) in [6.07, 6.45) is 1.23. The molecule has 0 aromatic heterocycles. The molecule has 0 aliphatic carbocycles. The van der Waals surface area contributed by atoms with Gasteiger partial charge in [-0.05, 0) is 38.1 Å². The predicted molar refractivity (Wildman–Crippen MR) is 76.1 cm³/mol. The fourth-order valence-corrected chi connectivity index (χ4v) is 2.70. The maximum atomic E-state index is 9.34. The van der Waals surface area contributed by atoms with Crippen molar-refractivity contribution in [2.24, 2.45) is 0 Å². The molecule has 2 atom stereocenters. The minimum Gasteiger partial charge on any atom is -0.376 e. The first kappa shape index (κ1) is 13.9. The van der Waals surface area contributed by atoms with E-state index in [1.165, 1.54) is 0 Å². The van der Waals surface area contributed by atoms with E-state index in [2.05, 4.69) is 29.3 Å². The molecule has 19 heavy (non-hydrogen) atoms. The third-order valence-electron chi connectivity index (χ3n) is 3.78. The molecule has 0 bridgehead atoms. The van der Waals surface area contributed by atoms with Gasteiger partial charge >= 0.3 is 0 Å². The molecule has 0 saturated carbocycles. The molecule has 1 aliphatic rings. The summed E-state index contributed by atoms with van der Waals surface area (Å²) in [4.78, 5) is 2.18. The van der Waals surface area contributed by atoms with Crippen LogP contribution in [0.3, 0.4) is 0 Å². The molecule has 0 radical (unpaired) electrons. The lowest BCUT2D eigenvalue weighted by atomic mass is 10.0. The number of hydrogen-bond acceptors (Lipinski definition) is 4. The summed E-state index contributed by atoms with van der Waals surface area (Å²) in [5, 5.41) is 12.4. The third kappa shape index (κ3) is 2.89. The van der Waals surface area contributed by atoms with Gasteiger partial charge in [-0.1, -0.05) is 6.07 Å². The Labute approximate surface area is 115 Å². The molecule has 1 heterocycles. The average Bonchev–Trinajstić information content (AvgIpc) is 2.84. The number of hydrogen-bond donors (Lipinski definition) is 1. The minimum absolute atomic E-state index is 0.216. The van der Waals surface area contributed by atoms with Gasteiger partial charge in [0.25, 0.3) is 0 Å². The molecule has 2 rings (SSSR count). The highest BCUT2D eigenvalue weighted by Crippen LogP contribution is 2.27. The van der Waals surface area contributed by atoms with Crippen molar-refractivity contribution in [2.75, 3.05) is 25.6 Å². The summed E-state index contributed by atoms with van der Waals surface area (Å²) in [5.74, 6) is 0. The second kappa shape index (κ2) is 6.05. The second-order valence-electron chi connectivity index (χ2n) is 5.04. The third-order valence-corrected chi connectivity index (χ3v) is 3.78. The standard InChI is InChI=1S/C15H21N3O/c1-11-14(6-7-19-11)18(3)15-5-4-12(10-17-2)8-13(15)9-16/h4-5,8,11,14,17H,6-7,10H2,1-3H3. The number of benzene rings is 1. The summed E-state index contributed by atoms with van der Waals surface area (Å²) in [6.45, 7) is 3.67. The fraction of sp³-hybridized carbons (Fsp3) is 0.533. The van der Waals surface area contributed by atoms with Gasteiger partial charge in [-0.15, -0.1) is 0 Å². The summed E-state index contributed by atoms with van der Waals surface area (Å²) in [5.41, 5.74) is 2.85. The van der Waals surface area contributed by atoms with E-state index in [-0.39, 0.29) is 6.10 Å². The van der Waals surface area contributed by atoms with Gasteiger partial charge in [0.15, 0.2) is 0 Å². The molecule has 1 aromatic carbocycles. The van der Waals surface area contributed by atoms with Crippen LogP contribution >= 0.6 is 0 Å². The molecule has 0 amide bonds. The largest absolute Gasteiger partial charge is 0.376 e. The van der Waals surface area contributed by atoms with Crippen molar-refractivity contribution in [3.05, 3.63) is 29.3 Å². The molecule has 1 saturated heterocycles. The van der Waals surface area contributed by atoms with Gasteiger partial charge < -0.3 is 15.0 Å². The van der Waals surface area contributed by atoms with Crippen LogP contribution in [0.2, 0.25) is 0 Å². The first-order valence-electron chi connectivity index (χ1n) is 6.69. The van der Waals surface area contributed by atoms with Crippen LogP contribution < -0.4 is 10.2 Å². The number of anilines is 1. The zero-order valence-corrected chi connectivity index (χ0v) is 11.8. The summed E-state index contributed by atoms with van der Waals surface area (Å²) >= 11 is 0. The maximum absolute atomic E-state index is 9.34. The van der Waals surface area contributed by atoms with Crippen LogP contribution in [0.25, 0.3) is 0 Å². The van der Waals surface area contributed by atoms with Gasteiger partial charge in [0, 0.05) is 20.2 Å². The molecule has 0 spiro atoms. The zero-order valence-electron chi connectivity index (χ0n) is 11.8. The Morgan fingerprint density at radius 2 is 2.32 bits per heavy atom. The van der Waals surface area contributed by atoms with E-state index in [9.17, 15) is 5.26 Å². The Hall–Kier alpha value is -1.57. The minimum atomic E-state index is 0.216. The van der Waals surface area contributed by atoms with Crippen LogP contribution in [-0.2, 0) is 11.3 Å². The van der Waals surface area contributed by atoms with Crippen LogP contribution in [0, 0.1) is 11.3 Å². The maximum Gasteiger partial charge on any atom is 0.101 e. The smallest absolute Gasteiger partial charge is 0.101 e. The van der Waals surface area contributed by atoms with Gasteiger partial charge in [-0.2, -0.15) is 5.26 Å². The number of nitrogens with one attached hydrogen (secondary N) is 1. The zero-order chi connectivity index (χ0) is 13.8. The molecular formula is C15H21N3O. The number of ether oxygens (including phenoxy) is 1. The normalized spacial score (nSPS) is 22.2. The Balaban J connectivity index is 2.26. The predicted octanol–water partition coefficient (Wildman–Crippen LogP) is 1.89. The molecular weight excluding hydrogens is 238 g/mol. The monoisotopic (exact) mass is 259 g/mol. The highest BCUT2D eigenvalue weighted by Gasteiger charge is 2.29. The lowest BCUT2D eigenvalue weighted by Gasteiger charge is -2.29. The van der Waals surface area contributed by atoms with Crippen LogP contribution in [-0.4, -0.2) is 32.8 Å². The van der Waals surface area contributed by atoms with E-state index in [0.29, 0.717) is 6.04 Å². The van der Waals surface area contributed by atoms with Crippen LogP contribution in [0.15, 0.2) is 18.2 Å². The molecule has 1 aliphatic heterocycles. The lowest BCUT2D eigenvalue weighted by molar-refractivity contribution is 0.118. The van der Waals surface area contributed by atoms with Crippen molar-refractivity contribution in [3.63, 3.8) is 0 Å². The highest BCUT2D eigenvalue weighted by molar-refractivity contribution is 5.60. The molecule has 102 valence electrons. The molecule has 4 heteroatoms. The van der Waals surface area contributed by atoms with E-state index < -0.39 is 0 Å². The molecule has 1 fully saturated rings. The number of nitriles is 1. The van der Waals surface area contributed by atoms with Crippen molar-refractivity contribution in [1.29, 1.82) is 5.26 Å².